The van der Waals surface area contributed by atoms with Gasteiger partial charge in [0.2, 0.25) is 5.78 Å². The predicted molar refractivity (Wildman–Crippen MR) is 68.4 cm³/mol. The van der Waals surface area contributed by atoms with Crippen LogP contribution < -0.4 is 0 Å². The number of furan rings is 1. The molecule has 0 atom stereocenters. The summed E-state index contributed by atoms with van der Waals surface area (Å²) in [5.41, 5.74) is 1.34. The Morgan fingerprint density at radius 3 is 2.53 bits per heavy atom. The van der Waals surface area contributed by atoms with Gasteiger partial charge in [0.05, 0.1) is 5.56 Å². The van der Waals surface area contributed by atoms with Crippen LogP contribution in [0.5, 0.6) is 5.75 Å². The first-order valence-corrected chi connectivity index (χ1v) is 5.71. The number of ketones is 2. The van der Waals surface area contributed by atoms with Crippen LogP contribution in [-0.4, -0.2) is 16.7 Å². The maximum atomic E-state index is 12.3. The number of phenolic OH excluding ortho intramolecular Hbond substituents is 1. The molecule has 0 saturated heterocycles. The van der Waals surface area contributed by atoms with Crippen LogP contribution in [0.25, 0.3) is 5.57 Å². The van der Waals surface area contributed by atoms with Gasteiger partial charge in [-0.15, -0.1) is 0 Å². The maximum Gasteiger partial charge on any atom is 0.229 e. The van der Waals surface area contributed by atoms with Crippen LogP contribution in [-0.2, 0) is 0 Å². The van der Waals surface area contributed by atoms with E-state index in [1.807, 2.05) is 0 Å². The van der Waals surface area contributed by atoms with Crippen LogP contribution in [0.4, 0.5) is 0 Å². The van der Waals surface area contributed by atoms with Crippen molar-refractivity contribution in [3.05, 3.63) is 59.1 Å². The van der Waals surface area contributed by atoms with Gasteiger partial charge < -0.3 is 9.52 Å². The van der Waals surface area contributed by atoms with Gasteiger partial charge in [-0.2, -0.15) is 0 Å². The van der Waals surface area contributed by atoms with Crippen molar-refractivity contribution >= 4 is 17.1 Å². The zero-order chi connectivity index (χ0) is 13.7. The number of allylic oxidation sites excluding steroid dienone is 1. The zero-order valence-electron chi connectivity index (χ0n) is 10.2. The molecule has 0 radical (unpaired) electrons. The number of aromatic hydroxyl groups is 1. The van der Waals surface area contributed by atoms with E-state index in [0.29, 0.717) is 11.3 Å². The van der Waals surface area contributed by atoms with Crippen molar-refractivity contribution < 1.29 is 19.1 Å². The maximum absolute atomic E-state index is 12.3. The van der Waals surface area contributed by atoms with Crippen molar-refractivity contribution in [1.82, 2.24) is 0 Å². The lowest BCUT2D eigenvalue weighted by molar-refractivity contribution is 0.0960. The van der Waals surface area contributed by atoms with Gasteiger partial charge in [0, 0.05) is 11.1 Å². The molecule has 0 unspecified atom stereocenters. The molecule has 0 saturated carbocycles. The highest BCUT2D eigenvalue weighted by Crippen LogP contribution is 2.32. The fourth-order valence-corrected chi connectivity index (χ4v) is 2.12. The number of carbonyl (C=O) groups excluding carboxylic acids is 2. The van der Waals surface area contributed by atoms with Crippen molar-refractivity contribution in [3.8, 4) is 5.75 Å². The van der Waals surface area contributed by atoms with Gasteiger partial charge in [0.15, 0.2) is 11.5 Å². The zero-order valence-corrected chi connectivity index (χ0v) is 10.2. The molecular weight excluding hydrogens is 244 g/mol. The van der Waals surface area contributed by atoms with E-state index in [0.717, 1.165) is 0 Å². The minimum absolute atomic E-state index is 0.0149. The second-order valence-corrected chi connectivity index (χ2v) is 4.52. The predicted octanol–water partition coefficient (Wildman–Crippen LogP) is 2.79. The molecule has 0 spiro atoms. The quantitative estimate of drug-likeness (QED) is 0.725. The lowest BCUT2D eigenvalue weighted by Gasteiger charge is -2.12. The van der Waals surface area contributed by atoms with Crippen molar-refractivity contribution in [2.75, 3.05) is 0 Å². The van der Waals surface area contributed by atoms with Crippen molar-refractivity contribution in [2.45, 2.75) is 6.92 Å². The molecule has 0 fully saturated rings. The molecule has 94 valence electrons. The summed E-state index contributed by atoms with van der Waals surface area (Å²) in [7, 11) is 0. The first kappa shape index (κ1) is 11.5. The summed E-state index contributed by atoms with van der Waals surface area (Å²) in [6, 6.07) is 5.64. The highest BCUT2D eigenvalue weighted by atomic mass is 16.3. The molecule has 19 heavy (non-hydrogen) atoms. The van der Waals surface area contributed by atoms with Crippen LogP contribution in [0.15, 0.2) is 35.3 Å². The van der Waals surface area contributed by atoms with E-state index >= 15 is 0 Å². The molecule has 0 aliphatic heterocycles. The topological polar surface area (TPSA) is 67.5 Å². The summed E-state index contributed by atoms with van der Waals surface area (Å²) in [6.07, 6.45) is 0. The number of carbonyl (C=O) groups is 2. The highest BCUT2D eigenvalue weighted by molar-refractivity contribution is 6.27. The molecule has 1 heterocycles. The Bertz CT molecular complexity index is 750. The van der Waals surface area contributed by atoms with Crippen molar-refractivity contribution in [1.29, 1.82) is 0 Å². The number of benzene rings is 1. The largest absolute Gasteiger partial charge is 0.508 e. The first-order valence-electron chi connectivity index (χ1n) is 5.71. The standard InChI is InChI=1S/C15H10O4/c1-7(2)12-6-11-13(17)9-4-3-8(16)5-10(9)14(18)15(11)19-12/h3-6,16H,1H2,2H3. The molecular formula is C15H10O4. The summed E-state index contributed by atoms with van der Waals surface area (Å²) < 4.78 is 5.40. The Morgan fingerprint density at radius 2 is 1.84 bits per heavy atom. The second kappa shape index (κ2) is 3.68. The molecule has 1 N–H and O–H groups in total. The fraction of sp³-hybridized carbons (Fsp3) is 0.0667. The molecule has 4 heteroatoms. The van der Waals surface area contributed by atoms with Gasteiger partial charge in [0.1, 0.15) is 11.5 Å². The third kappa shape index (κ3) is 1.53. The molecule has 0 amide bonds. The number of hydrogen-bond acceptors (Lipinski definition) is 4. The molecule has 0 bridgehead atoms. The summed E-state index contributed by atoms with van der Waals surface area (Å²) in [6.45, 7) is 5.46. The van der Waals surface area contributed by atoms with Gasteiger partial charge in [0.25, 0.3) is 0 Å². The number of rotatable bonds is 1. The molecule has 1 aliphatic carbocycles. The molecule has 1 aromatic carbocycles. The summed E-state index contributed by atoms with van der Waals surface area (Å²) >= 11 is 0. The first-order chi connectivity index (χ1) is 8.99. The Kier molecular flexibility index (Phi) is 2.22. The lowest BCUT2D eigenvalue weighted by Crippen LogP contribution is -2.18. The Balaban J connectivity index is 2.26. The molecule has 1 aromatic heterocycles. The summed E-state index contributed by atoms with van der Waals surface area (Å²) in [5, 5.41) is 9.43. The number of phenols is 1. The average Bonchev–Trinajstić information content (AvgIpc) is 2.81. The average molecular weight is 254 g/mol. The second-order valence-electron chi connectivity index (χ2n) is 4.52. The van der Waals surface area contributed by atoms with Crippen molar-refractivity contribution in [3.63, 3.8) is 0 Å². The van der Waals surface area contributed by atoms with Gasteiger partial charge in [-0.3, -0.25) is 9.59 Å². The third-order valence-corrected chi connectivity index (χ3v) is 3.10. The lowest BCUT2D eigenvalue weighted by atomic mass is 9.88. The highest BCUT2D eigenvalue weighted by Gasteiger charge is 2.33. The molecule has 4 nitrogen and oxygen atoms in total. The monoisotopic (exact) mass is 254 g/mol. The van der Waals surface area contributed by atoms with Crippen LogP contribution in [0, 0.1) is 0 Å². The van der Waals surface area contributed by atoms with E-state index in [4.69, 9.17) is 4.42 Å². The van der Waals surface area contributed by atoms with Crippen LogP contribution in [0.1, 0.15) is 44.7 Å². The van der Waals surface area contributed by atoms with E-state index in [1.54, 1.807) is 6.92 Å². The SMILES string of the molecule is C=C(C)c1cc2c(o1)C(=O)c1cc(O)ccc1C2=O. The summed E-state index contributed by atoms with van der Waals surface area (Å²) in [5.74, 6) is -0.297. The Hall–Kier alpha value is -2.62. The van der Waals surface area contributed by atoms with Crippen LogP contribution >= 0.6 is 0 Å². The minimum Gasteiger partial charge on any atom is -0.508 e. The van der Waals surface area contributed by atoms with E-state index < -0.39 is 5.78 Å². The van der Waals surface area contributed by atoms with Gasteiger partial charge >= 0.3 is 0 Å². The van der Waals surface area contributed by atoms with E-state index in [2.05, 4.69) is 6.58 Å². The van der Waals surface area contributed by atoms with E-state index in [9.17, 15) is 14.7 Å². The van der Waals surface area contributed by atoms with Gasteiger partial charge in [-0.1, -0.05) is 6.58 Å². The minimum atomic E-state index is -0.395. The smallest absolute Gasteiger partial charge is 0.229 e. The third-order valence-electron chi connectivity index (χ3n) is 3.10. The van der Waals surface area contributed by atoms with Gasteiger partial charge in [-0.05, 0) is 36.8 Å². The van der Waals surface area contributed by atoms with Crippen LogP contribution in [0.3, 0.4) is 0 Å². The van der Waals surface area contributed by atoms with Crippen molar-refractivity contribution in [2.24, 2.45) is 0 Å². The molecule has 2 aromatic rings. The Labute approximate surface area is 109 Å². The number of fused-ring (bicyclic) bond motifs is 2. The fourth-order valence-electron chi connectivity index (χ4n) is 2.12. The Morgan fingerprint density at radius 1 is 1.11 bits per heavy atom. The van der Waals surface area contributed by atoms with Crippen LogP contribution in [0.2, 0.25) is 0 Å². The normalized spacial score (nSPS) is 13.1. The number of hydrogen-bond donors (Lipinski definition) is 1. The summed E-state index contributed by atoms with van der Waals surface area (Å²) in [4.78, 5) is 24.5. The molecule has 3 rings (SSSR count). The molecule has 1 aliphatic rings. The van der Waals surface area contributed by atoms with Gasteiger partial charge in [-0.25, -0.2) is 0 Å². The van der Waals surface area contributed by atoms with E-state index in [-0.39, 0.29) is 34.0 Å². The van der Waals surface area contributed by atoms with E-state index in [1.165, 1.54) is 24.3 Å².